The van der Waals surface area contributed by atoms with Crippen LogP contribution in [-0.4, -0.2) is 44.4 Å². The van der Waals surface area contributed by atoms with Gasteiger partial charge >= 0.3 is 0 Å². The predicted octanol–water partition coefficient (Wildman–Crippen LogP) is -0.152. The number of aliphatic hydroxyl groups excluding tert-OH is 1. The van der Waals surface area contributed by atoms with E-state index in [9.17, 15) is 8.78 Å². The predicted molar refractivity (Wildman–Crippen MR) is 36.8 cm³/mol. The molecule has 0 aliphatic heterocycles. The molecule has 1 unspecified atom stereocenters. The van der Waals surface area contributed by atoms with E-state index in [4.69, 9.17) is 5.11 Å². The third-order valence-electron chi connectivity index (χ3n) is 1.19. The van der Waals surface area contributed by atoms with Gasteiger partial charge in [0, 0.05) is 0 Å². The van der Waals surface area contributed by atoms with Gasteiger partial charge in [-0.2, -0.15) is 0 Å². The first-order valence-electron chi connectivity index (χ1n) is 3.34. The molecular weight excluding hydrogens is 156 g/mol. The SMILES string of the molecule is CNC(CO)COCC(F)F. The van der Waals surface area contributed by atoms with Gasteiger partial charge in [-0.15, -0.1) is 0 Å². The molecule has 0 rings (SSSR count). The quantitative estimate of drug-likeness (QED) is 0.581. The number of ether oxygens (including phenoxy) is 1. The number of hydrogen-bond acceptors (Lipinski definition) is 3. The van der Waals surface area contributed by atoms with Crippen molar-refractivity contribution in [2.45, 2.75) is 12.5 Å². The third-order valence-corrected chi connectivity index (χ3v) is 1.19. The monoisotopic (exact) mass is 169 g/mol. The average Bonchev–Trinajstić information content (AvgIpc) is 1.98. The highest BCUT2D eigenvalue weighted by Crippen LogP contribution is 1.93. The Bertz CT molecular complexity index is 88.7. The molecule has 0 fully saturated rings. The Balaban J connectivity index is 3.21. The van der Waals surface area contributed by atoms with Crippen molar-refractivity contribution < 1.29 is 18.6 Å². The number of hydrogen-bond donors (Lipinski definition) is 2. The van der Waals surface area contributed by atoms with Crippen molar-refractivity contribution in [2.75, 3.05) is 26.9 Å². The highest BCUT2D eigenvalue weighted by atomic mass is 19.3. The number of alkyl halides is 2. The molecule has 0 heterocycles. The molecule has 1 atom stereocenters. The Kier molecular flexibility index (Phi) is 6.30. The standard InChI is InChI=1S/C6H13F2NO2/c1-9-5(2-10)3-11-4-6(7)8/h5-6,9-10H,2-4H2,1H3. The third kappa shape index (κ3) is 6.15. The molecule has 0 bridgehead atoms. The molecule has 0 aliphatic carbocycles. The largest absolute Gasteiger partial charge is 0.395 e. The van der Waals surface area contributed by atoms with Crippen LogP contribution in [0.25, 0.3) is 0 Å². The van der Waals surface area contributed by atoms with Gasteiger partial charge in [0.2, 0.25) is 0 Å². The summed E-state index contributed by atoms with van der Waals surface area (Å²) >= 11 is 0. The van der Waals surface area contributed by atoms with Crippen molar-refractivity contribution in [3.63, 3.8) is 0 Å². The fraction of sp³-hybridized carbons (Fsp3) is 1.00. The van der Waals surface area contributed by atoms with Crippen LogP contribution in [0.3, 0.4) is 0 Å². The van der Waals surface area contributed by atoms with Crippen LogP contribution in [0.5, 0.6) is 0 Å². The van der Waals surface area contributed by atoms with Crippen molar-refractivity contribution in [3.8, 4) is 0 Å². The lowest BCUT2D eigenvalue weighted by Gasteiger charge is -2.12. The normalized spacial score (nSPS) is 13.9. The van der Waals surface area contributed by atoms with Gasteiger partial charge in [0.05, 0.1) is 19.3 Å². The number of aliphatic hydroxyl groups is 1. The van der Waals surface area contributed by atoms with Crippen LogP contribution in [0, 0.1) is 0 Å². The lowest BCUT2D eigenvalue weighted by atomic mass is 10.3. The summed E-state index contributed by atoms with van der Waals surface area (Å²) in [6.45, 7) is -0.574. The Labute approximate surface area is 64.4 Å². The molecule has 0 amide bonds. The highest BCUT2D eigenvalue weighted by molar-refractivity contribution is 4.60. The van der Waals surface area contributed by atoms with Gasteiger partial charge in [0.15, 0.2) is 0 Å². The molecule has 5 heteroatoms. The van der Waals surface area contributed by atoms with Crippen LogP contribution < -0.4 is 5.32 Å². The minimum atomic E-state index is -2.44. The number of likely N-dealkylation sites (N-methyl/N-ethyl adjacent to an activating group) is 1. The van der Waals surface area contributed by atoms with Gasteiger partial charge < -0.3 is 15.2 Å². The Morgan fingerprint density at radius 1 is 1.45 bits per heavy atom. The van der Waals surface area contributed by atoms with Gasteiger partial charge in [-0.05, 0) is 7.05 Å². The first-order valence-corrected chi connectivity index (χ1v) is 3.34. The summed E-state index contributed by atoms with van der Waals surface area (Å²) < 4.78 is 27.5. The Morgan fingerprint density at radius 3 is 2.45 bits per heavy atom. The van der Waals surface area contributed by atoms with E-state index in [1.165, 1.54) is 0 Å². The molecule has 0 aromatic heterocycles. The molecule has 68 valence electrons. The van der Waals surface area contributed by atoms with E-state index in [-0.39, 0.29) is 19.3 Å². The van der Waals surface area contributed by atoms with Crippen LogP contribution in [0.15, 0.2) is 0 Å². The number of rotatable bonds is 6. The van der Waals surface area contributed by atoms with E-state index in [1.54, 1.807) is 7.05 Å². The molecule has 0 saturated carbocycles. The van der Waals surface area contributed by atoms with Crippen LogP contribution in [0.4, 0.5) is 8.78 Å². The number of halogens is 2. The molecule has 0 aromatic rings. The maximum Gasteiger partial charge on any atom is 0.261 e. The zero-order valence-corrected chi connectivity index (χ0v) is 6.39. The summed E-state index contributed by atoms with van der Waals surface area (Å²) in [4.78, 5) is 0. The maximum absolute atomic E-state index is 11.5. The van der Waals surface area contributed by atoms with E-state index >= 15 is 0 Å². The van der Waals surface area contributed by atoms with E-state index in [2.05, 4.69) is 10.1 Å². The highest BCUT2D eigenvalue weighted by Gasteiger charge is 2.06. The Morgan fingerprint density at radius 2 is 2.09 bits per heavy atom. The van der Waals surface area contributed by atoms with Crippen LogP contribution in [-0.2, 0) is 4.74 Å². The minimum Gasteiger partial charge on any atom is -0.395 e. The molecule has 11 heavy (non-hydrogen) atoms. The fourth-order valence-electron chi connectivity index (χ4n) is 0.527. The molecule has 0 aromatic carbocycles. The van der Waals surface area contributed by atoms with Gasteiger partial charge in [0.1, 0.15) is 6.61 Å². The summed E-state index contributed by atoms with van der Waals surface area (Å²) in [6.07, 6.45) is -2.44. The van der Waals surface area contributed by atoms with Gasteiger partial charge in [-0.3, -0.25) is 0 Å². The minimum absolute atomic E-state index is 0.108. The van der Waals surface area contributed by atoms with E-state index in [1.807, 2.05) is 0 Å². The summed E-state index contributed by atoms with van der Waals surface area (Å²) in [6, 6.07) is -0.256. The van der Waals surface area contributed by atoms with Crippen molar-refractivity contribution in [2.24, 2.45) is 0 Å². The summed E-state index contributed by atoms with van der Waals surface area (Å²) in [5.74, 6) is 0. The van der Waals surface area contributed by atoms with E-state index in [0.29, 0.717) is 0 Å². The second-order valence-electron chi connectivity index (χ2n) is 2.10. The molecular formula is C6H13F2NO2. The van der Waals surface area contributed by atoms with E-state index in [0.717, 1.165) is 0 Å². The number of nitrogens with one attached hydrogen (secondary N) is 1. The van der Waals surface area contributed by atoms with Crippen molar-refractivity contribution in [1.29, 1.82) is 0 Å². The van der Waals surface area contributed by atoms with Crippen molar-refractivity contribution in [1.82, 2.24) is 5.32 Å². The van der Waals surface area contributed by atoms with Gasteiger partial charge in [-0.1, -0.05) is 0 Å². The first kappa shape index (κ1) is 10.7. The second kappa shape index (κ2) is 6.45. The lowest BCUT2D eigenvalue weighted by Crippen LogP contribution is -2.34. The van der Waals surface area contributed by atoms with Crippen molar-refractivity contribution >= 4 is 0 Å². The summed E-state index contributed by atoms with van der Waals surface area (Å²) in [5, 5.41) is 11.3. The molecule has 0 radical (unpaired) electrons. The fourth-order valence-corrected chi connectivity index (χ4v) is 0.527. The molecule has 3 nitrogen and oxygen atoms in total. The van der Waals surface area contributed by atoms with Crippen LogP contribution in [0.1, 0.15) is 0 Å². The molecule has 0 saturated heterocycles. The topological polar surface area (TPSA) is 41.5 Å². The van der Waals surface area contributed by atoms with Gasteiger partial charge in [-0.25, -0.2) is 8.78 Å². The maximum atomic E-state index is 11.5. The van der Waals surface area contributed by atoms with Crippen LogP contribution in [0.2, 0.25) is 0 Å². The first-order chi connectivity index (χ1) is 5.20. The van der Waals surface area contributed by atoms with Crippen molar-refractivity contribution in [3.05, 3.63) is 0 Å². The summed E-state index contributed by atoms with van der Waals surface area (Å²) in [7, 11) is 1.63. The van der Waals surface area contributed by atoms with E-state index < -0.39 is 13.0 Å². The van der Waals surface area contributed by atoms with Gasteiger partial charge in [0.25, 0.3) is 6.43 Å². The molecule has 0 spiro atoms. The second-order valence-corrected chi connectivity index (χ2v) is 2.10. The molecule has 0 aliphatic rings. The molecule has 2 N–H and O–H groups in total. The smallest absolute Gasteiger partial charge is 0.261 e. The zero-order valence-electron chi connectivity index (χ0n) is 6.39. The zero-order chi connectivity index (χ0) is 8.69. The lowest BCUT2D eigenvalue weighted by molar-refractivity contribution is 0.00447. The average molecular weight is 169 g/mol. The Hall–Kier alpha value is -0.260. The summed E-state index contributed by atoms with van der Waals surface area (Å²) in [5.41, 5.74) is 0. The van der Waals surface area contributed by atoms with Crippen LogP contribution >= 0.6 is 0 Å².